The third-order valence-electron chi connectivity index (χ3n) is 5.72. The van der Waals surface area contributed by atoms with Crippen LogP contribution < -0.4 is 21.5 Å². The fourth-order valence-corrected chi connectivity index (χ4v) is 4.23. The van der Waals surface area contributed by atoms with E-state index in [1.54, 1.807) is 0 Å². The summed E-state index contributed by atoms with van der Waals surface area (Å²) < 4.78 is 40.9. The Bertz CT molecular complexity index is 597. The largest absolute Gasteiger partial charge is 0.351 e. The first-order valence-corrected chi connectivity index (χ1v) is 10.2. The van der Waals surface area contributed by atoms with Crippen molar-refractivity contribution < 1.29 is 18.0 Å². The van der Waals surface area contributed by atoms with E-state index in [0.717, 1.165) is 6.42 Å². The topological polar surface area (TPSA) is 77.6 Å². The Morgan fingerprint density at radius 2 is 1.75 bits per heavy atom. The van der Waals surface area contributed by atoms with Crippen LogP contribution in [0.25, 0.3) is 0 Å². The molecule has 28 heavy (non-hydrogen) atoms. The average Bonchev–Trinajstić information content (AvgIpc) is 2.97. The van der Waals surface area contributed by atoms with E-state index >= 15 is 0 Å². The summed E-state index contributed by atoms with van der Waals surface area (Å²) in [5.41, 5.74) is 5.90. The van der Waals surface area contributed by atoms with Crippen LogP contribution in [0.2, 0.25) is 0 Å². The van der Waals surface area contributed by atoms with Gasteiger partial charge in [-0.1, -0.05) is 0 Å². The number of hydrazine groups is 1. The Morgan fingerprint density at radius 3 is 2.43 bits per heavy atom. The molecule has 2 saturated carbocycles. The summed E-state index contributed by atoms with van der Waals surface area (Å²) in [6.45, 7) is 5.80. The average molecular weight is 403 g/mol. The number of aliphatic imine (C=N–C) groups is 1. The fraction of sp³-hybridized carbons (Fsp3) is 0.895. The second kappa shape index (κ2) is 8.57. The highest BCUT2D eigenvalue weighted by Crippen LogP contribution is 2.32. The van der Waals surface area contributed by atoms with Crippen molar-refractivity contribution in [1.29, 1.82) is 0 Å². The standard InChI is InChI=1S/C19H32F3N5O/c1-19(2,3)25-18(24-17(28)10-4-6-13(21)14(22)8-10)23-16-12-9-11(20)5-7-15(12)26-27-16/h10-16,26-27H,4-9H2,1-3H3,(H2,23,24,25,28). The predicted octanol–water partition coefficient (Wildman–Crippen LogP) is 2.26. The first-order valence-electron chi connectivity index (χ1n) is 10.2. The van der Waals surface area contributed by atoms with E-state index in [1.807, 2.05) is 20.8 Å². The molecule has 7 atom stereocenters. The van der Waals surface area contributed by atoms with Crippen LogP contribution in [-0.2, 0) is 4.79 Å². The van der Waals surface area contributed by atoms with E-state index in [1.165, 1.54) is 0 Å². The SMILES string of the molecule is CC(C)(C)N/C(=N\C1NNC2CCC(F)CC21)NC(=O)C1CCC(F)C(F)C1. The van der Waals surface area contributed by atoms with Gasteiger partial charge in [-0.05, 0) is 59.3 Å². The van der Waals surface area contributed by atoms with Gasteiger partial charge in [0.2, 0.25) is 5.91 Å². The van der Waals surface area contributed by atoms with Crippen LogP contribution in [0.3, 0.4) is 0 Å². The van der Waals surface area contributed by atoms with E-state index in [2.05, 4.69) is 26.5 Å². The molecule has 9 heteroatoms. The van der Waals surface area contributed by atoms with Crippen molar-refractivity contribution in [2.24, 2.45) is 16.8 Å². The summed E-state index contributed by atoms with van der Waals surface area (Å²) in [5.74, 6) is -0.674. The number of carbonyl (C=O) groups excluding carboxylic acids is 1. The van der Waals surface area contributed by atoms with Crippen molar-refractivity contribution in [3.05, 3.63) is 0 Å². The van der Waals surface area contributed by atoms with E-state index in [-0.39, 0.29) is 48.4 Å². The molecule has 0 radical (unpaired) electrons. The molecule has 4 N–H and O–H groups in total. The maximum absolute atomic E-state index is 13.9. The van der Waals surface area contributed by atoms with Crippen LogP contribution in [-0.4, -0.2) is 48.1 Å². The normalized spacial score (nSPS) is 39.4. The molecule has 0 aromatic rings. The molecule has 1 amide bonds. The molecule has 6 nitrogen and oxygen atoms in total. The summed E-state index contributed by atoms with van der Waals surface area (Å²) in [6.07, 6.45) is -2.37. The van der Waals surface area contributed by atoms with Crippen molar-refractivity contribution in [3.63, 3.8) is 0 Å². The van der Waals surface area contributed by atoms with Gasteiger partial charge in [-0.15, -0.1) is 0 Å². The summed E-state index contributed by atoms with van der Waals surface area (Å²) >= 11 is 0. The molecular weight excluding hydrogens is 371 g/mol. The third kappa shape index (κ3) is 5.37. The van der Waals surface area contributed by atoms with Crippen LogP contribution in [0, 0.1) is 11.8 Å². The smallest absolute Gasteiger partial charge is 0.229 e. The molecule has 3 rings (SSSR count). The Kier molecular flexibility index (Phi) is 6.54. The first-order chi connectivity index (χ1) is 13.1. The van der Waals surface area contributed by atoms with Gasteiger partial charge in [0.25, 0.3) is 0 Å². The Hall–Kier alpha value is -1.35. The van der Waals surface area contributed by atoms with E-state index < -0.39 is 24.4 Å². The van der Waals surface area contributed by atoms with Gasteiger partial charge < -0.3 is 5.32 Å². The zero-order valence-electron chi connectivity index (χ0n) is 16.8. The highest BCUT2D eigenvalue weighted by Gasteiger charge is 2.41. The molecule has 1 saturated heterocycles. The molecule has 0 aromatic carbocycles. The van der Waals surface area contributed by atoms with Gasteiger partial charge in [0.05, 0.1) is 0 Å². The molecular formula is C19H32F3N5O. The molecule has 3 aliphatic rings. The van der Waals surface area contributed by atoms with Gasteiger partial charge >= 0.3 is 0 Å². The molecule has 3 fully saturated rings. The summed E-state index contributed by atoms with van der Waals surface area (Å²) in [7, 11) is 0. The molecule has 1 heterocycles. The van der Waals surface area contributed by atoms with E-state index in [4.69, 9.17) is 0 Å². The summed E-state index contributed by atoms with van der Waals surface area (Å²) in [5, 5.41) is 5.93. The number of guanidine groups is 1. The Balaban J connectivity index is 1.70. The molecule has 0 bridgehead atoms. The van der Waals surface area contributed by atoms with Crippen LogP contribution in [0.5, 0.6) is 0 Å². The highest BCUT2D eigenvalue weighted by atomic mass is 19.2. The summed E-state index contributed by atoms with van der Waals surface area (Å²) in [6, 6.07) is 0.152. The van der Waals surface area contributed by atoms with Crippen LogP contribution in [0.4, 0.5) is 13.2 Å². The van der Waals surface area contributed by atoms with Crippen molar-refractivity contribution >= 4 is 11.9 Å². The molecule has 0 spiro atoms. The number of rotatable bonds is 2. The number of nitrogens with zero attached hydrogens (tertiary/aromatic N) is 1. The number of nitrogens with one attached hydrogen (secondary N) is 4. The highest BCUT2D eigenvalue weighted by molar-refractivity contribution is 5.98. The van der Waals surface area contributed by atoms with Crippen LogP contribution >= 0.6 is 0 Å². The summed E-state index contributed by atoms with van der Waals surface area (Å²) in [4.78, 5) is 17.3. The first kappa shape index (κ1) is 21.4. The minimum Gasteiger partial charge on any atom is -0.351 e. The molecule has 160 valence electrons. The minimum atomic E-state index is -1.61. The number of halogens is 3. The van der Waals surface area contributed by atoms with Crippen molar-refractivity contribution in [3.8, 4) is 0 Å². The lowest BCUT2D eigenvalue weighted by Crippen LogP contribution is -2.52. The zero-order valence-corrected chi connectivity index (χ0v) is 16.8. The second-order valence-corrected chi connectivity index (χ2v) is 9.30. The number of carbonyl (C=O) groups is 1. The van der Waals surface area contributed by atoms with Crippen molar-refractivity contribution in [2.45, 2.75) is 95.6 Å². The number of amides is 1. The van der Waals surface area contributed by atoms with Gasteiger partial charge in [0, 0.05) is 23.4 Å². The molecule has 0 aromatic heterocycles. The Labute approximate surface area is 164 Å². The second-order valence-electron chi connectivity index (χ2n) is 9.30. The number of hydrogen-bond acceptors (Lipinski definition) is 4. The van der Waals surface area contributed by atoms with Gasteiger partial charge in [-0.2, -0.15) is 0 Å². The number of fused-ring (bicyclic) bond motifs is 1. The zero-order chi connectivity index (χ0) is 20.5. The van der Waals surface area contributed by atoms with Crippen molar-refractivity contribution in [2.75, 3.05) is 0 Å². The molecule has 1 aliphatic heterocycles. The lowest BCUT2D eigenvalue weighted by Gasteiger charge is -2.30. The van der Waals surface area contributed by atoms with E-state index in [0.29, 0.717) is 19.3 Å². The van der Waals surface area contributed by atoms with Gasteiger partial charge in [0.1, 0.15) is 24.7 Å². The molecule has 2 aliphatic carbocycles. The maximum atomic E-state index is 13.9. The Morgan fingerprint density at radius 1 is 1.00 bits per heavy atom. The number of hydrogen-bond donors (Lipinski definition) is 4. The van der Waals surface area contributed by atoms with Crippen LogP contribution in [0.1, 0.15) is 59.3 Å². The quantitative estimate of drug-likeness (QED) is 0.421. The lowest BCUT2D eigenvalue weighted by atomic mass is 9.83. The lowest BCUT2D eigenvalue weighted by molar-refractivity contribution is -0.125. The third-order valence-corrected chi connectivity index (χ3v) is 5.72. The van der Waals surface area contributed by atoms with Gasteiger partial charge in [0.15, 0.2) is 5.96 Å². The number of alkyl halides is 3. The fourth-order valence-electron chi connectivity index (χ4n) is 4.23. The minimum absolute atomic E-state index is 0.00498. The predicted molar refractivity (Wildman–Crippen MR) is 102 cm³/mol. The van der Waals surface area contributed by atoms with E-state index in [9.17, 15) is 18.0 Å². The molecule has 7 unspecified atom stereocenters. The van der Waals surface area contributed by atoms with Crippen molar-refractivity contribution in [1.82, 2.24) is 21.5 Å². The van der Waals surface area contributed by atoms with Crippen LogP contribution in [0.15, 0.2) is 4.99 Å². The maximum Gasteiger partial charge on any atom is 0.229 e. The van der Waals surface area contributed by atoms with Gasteiger partial charge in [-0.3, -0.25) is 15.5 Å². The monoisotopic (exact) mass is 403 g/mol. The van der Waals surface area contributed by atoms with Gasteiger partial charge in [-0.25, -0.2) is 23.6 Å².